The lowest BCUT2D eigenvalue weighted by Crippen LogP contribution is -2.12. The number of hydrogen-bond donors (Lipinski definition) is 3. The van der Waals surface area contributed by atoms with E-state index in [0.29, 0.717) is 5.03 Å². The Morgan fingerprint density at radius 2 is 2.04 bits per heavy atom. The molecule has 0 aliphatic heterocycles. The van der Waals surface area contributed by atoms with E-state index in [1.807, 2.05) is 50.5 Å². The lowest BCUT2D eigenvalue weighted by Gasteiger charge is -2.03. The molecule has 0 amide bonds. The second kappa shape index (κ2) is 9.63. The summed E-state index contributed by atoms with van der Waals surface area (Å²) in [6.45, 7) is 8.35. The van der Waals surface area contributed by atoms with E-state index in [1.165, 1.54) is 0 Å². The molecule has 0 saturated heterocycles. The average molecular weight is 371 g/mol. The lowest BCUT2D eigenvalue weighted by atomic mass is 10.1. The van der Waals surface area contributed by atoms with Crippen molar-refractivity contribution in [3.8, 4) is 0 Å². The molecule has 5 nitrogen and oxygen atoms in total. The number of halogens is 1. The first-order chi connectivity index (χ1) is 12.5. The third-order valence-corrected chi connectivity index (χ3v) is 3.99. The molecule has 1 aromatic carbocycles. The van der Waals surface area contributed by atoms with Crippen molar-refractivity contribution in [3.63, 3.8) is 0 Å². The third-order valence-electron chi connectivity index (χ3n) is 3.71. The Bertz CT molecular complexity index is 944. The van der Waals surface area contributed by atoms with Gasteiger partial charge < -0.3 is 15.3 Å². The van der Waals surface area contributed by atoms with Gasteiger partial charge in [0, 0.05) is 29.7 Å². The second-order valence-electron chi connectivity index (χ2n) is 5.80. The molecule has 2 aromatic rings. The van der Waals surface area contributed by atoms with Gasteiger partial charge in [0.05, 0.1) is 11.0 Å². The summed E-state index contributed by atoms with van der Waals surface area (Å²) in [7, 11) is 0. The van der Waals surface area contributed by atoms with Gasteiger partial charge in [0.25, 0.3) is 0 Å². The first kappa shape index (κ1) is 19.5. The highest BCUT2D eigenvalue weighted by molar-refractivity contribution is 6.31. The van der Waals surface area contributed by atoms with E-state index in [2.05, 4.69) is 26.9 Å². The summed E-state index contributed by atoms with van der Waals surface area (Å²) in [6, 6.07) is 5.78. The molecular weight excluding hydrogens is 348 g/mol. The third kappa shape index (κ3) is 5.93. The number of allylic oxidation sites excluding steroid dienone is 6. The van der Waals surface area contributed by atoms with Crippen LogP contribution in [-0.4, -0.2) is 22.7 Å². The van der Waals surface area contributed by atoms with Gasteiger partial charge in [0.1, 0.15) is 0 Å². The number of aliphatic imine (C=N–C) groups is 1. The van der Waals surface area contributed by atoms with Crippen LogP contribution in [0, 0.1) is 0 Å². The number of H-pyrrole nitrogens is 2. The molecule has 0 saturated carbocycles. The molecule has 1 heterocycles. The quantitative estimate of drug-likeness (QED) is 0.364. The molecule has 6 heteroatoms. The van der Waals surface area contributed by atoms with Gasteiger partial charge >= 0.3 is 5.69 Å². The van der Waals surface area contributed by atoms with Gasteiger partial charge in [0.2, 0.25) is 0 Å². The Balaban J connectivity index is 1.85. The first-order valence-corrected chi connectivity index (χ1v) is 8.68. The van der Waals surface area contributed by atoms with Crippen molar-refractivity contribution >= 4 is 34.4 Å². The molecule has 26 heavy (non-hydrogen) atoms. The van der Waals surface area contributed by atoms with Crippen molar-refractivity contribution in [2.45, 2.75) is 20.3 Å². The van der Waals surface area contributed by atoms with Crippen LogP contribution >= 0.6 is 11.6 Å². The highest BCUT2D eigenvalue weighted by atomic mass is 35.5. The van der Waals surface area contributed by atoms with Crippen LogP contribution in [0.1, 0.15) is 25.8 Å². The highest BCUT2D eigenvalue weighted by Crippen LogP contribution is 2.17. The average Bonchev–Trinajstić information content (AvgIpc) is 3.01. The Labute approximate surface area is 157 Å². The number of aromatic nitrogens is 2. The van der Waals surface area contributed by atoms with E-state index in [1.54, 1.807) is 12.2 Å². The zero-order valence-corrected chi connectivity index (χ0v) is 15.7. The van der Waals surface area contributed by atoms with Crippen LogP contribution in [0.2, 0.25) is 0 Å². The Morgan fingerprint density at radius 1 is 1.27 bits per heavy atom. The second-order valence-corrected chi connectivity index (χ2v) is 6.24. The summed E-state index contributed by atoms with van der Waals surface area (Å²) in [4.78, 5) is 21.1. The van der Waals surface area contributed by atoms with Crippen molar-refractivity contribution < 1.29 is 0 Å². The molecule has 3 N–H and O–H groups in total. The van der Waals surface area contributed by atoms with Crippen molar-refractivity contribution in [2.24, 2.45) is 4.99 Å². The Hall–Kier alpha value is -2.79. The number of rotatable bonds is 8. The maximum atomic E-state index is 11.3. The van der Waals surface area contributed by atoms with Crippen LogP contribution in [-0.2, 0) is 0 Å². The normalized spacial score (nSPS) is 13.6. The van der Waals surface area contributed by atoms with Crippen LogP contribution < -0.4 is 11.0 Å². The molecule has 0 spiro atoms. The fourth-order valence-corrected chi connectivity index (χ4v) is 2.32. The summed E-state index contributed by atoms with van der Waals surface area (Å²) in [5.41, 5.74) is 4.47. The molecule has 0 fully saturated rings. The fraction of sp³-hybridized carbons (Fsp3) is 0.200. The van der Waals surface area contributed by atoms with E-state index >= 15 is 0 Å². The summed E-state index contributed by atoms with van der Waals surface area (Å²) < 4.78 is 0. The van der Waals surface area contributed by atoms with Gasteiger partial charge in [-0.05, 0) is 55.7 Å². The van der Waals surface area contributed by atoms with Gasteiger partial charge in [-0.1, -0.05) is 30.3 Å². The minimum atomic E-state index is -0.198. The van der Waals surface area contributed by atoms with Gasteiger partial charge in [-0.25, -0.2) is 4.79 Å². The minimum Gasteiger partial charge on any atom is -0.388 e. The molecule has 0 radical (unpaired) electrons. The molecule has 1 aromatic heterocycles. The van der Waals surface area contributed by atoms with Crippen LogP contribution in [0.3, 0.4) is 0 Å². The van der Waals surface area contributed by atoms with Crippen LogP contribution in [0.15, 0.2) is 69.7 Å². The molecular formula is C20H23ClN4O. The number of nitrogens with zero attached hydrogens (tertiary/aromatic N) is 1. The zero-order valence-electron chi connectivity index (χ0n) is 15.0. The molecule has 0 aliphatic carbocycles. The highest BCUT2D eigenvalue weighted by Gasteiger charge is 2.01. The summed E-state index contributed by atoms with van der Waals surface area (Å²) >= 11 is 5.85. The predicted octanol–water partition coefficient (Wildman–Crippen LogP) is 4.48. The maximum absolute atomic E-state index is 11.3. The van der Waals surface area contributed by atoms with E-state index in [-0.39, 0.29) is 5.69 Å². The topological polar surface area (TPSA) is 73.0 Å². The first-order valence-electron chi connectivity index (χ1n) is 8.31. The van der Waals surface area contributed by atoms with Crippen LogP contribution in [0.4, 0.5) is 0 Å². The van der Waals surface area contributed by atoms with Crippen molar-refractivity contribution in [1.29, 1.82) is 0 Å². The number of hydrogen-bond acceptors (Lipinski definition) is 3. The molecule has 0 aliphatic rings. The van der Waals surface area contributed by atoms with Crippen molar-refractivity contribution in [1.82, 2.24) is 15.3 Å². The number of imidazole rings is 1. The Kier molecular flexibility index (Phi) is 7.24. The number of nitrogens with one attached hydrogen (secondary N) is 3. The molecule has 0 unspecified atom stereocenters. The van der Waals surface area contributed by atoms with E-state index in [9.17, 15) is 4.79 Å². The number of benzene rings is 1. The fourth-order valence-electron chi connectivity index (χ4n) is 2.26. The predicted molar refractivity (Wildman–Crippen MR) is 112 cm³/mol. The summed E-state index contributed by atoms with van der Waals surface area (Å²) in [6.07, 6.45) is 9.79. The smallest absolute Gasteiger partial charge is 0.323 e. The Morgan fingerprint density at radius 3 is 2.81 bits per heavy atom. The van der Waals surface area contributed by atoms with E-state index in [0.717, 1.165) is 40.8 Å². The number of fused-ring (bicyclic) bond motifs is 1. The monoisotopic (exact) mass is 370 g/mol. The lowest BCUT2D eigenvalue weighted by molar-refractivity contribution is 0.824. The molecule has 0 atom stereocenters. The largest absolute Gasteiger partial charge is 0.388 e. The summed E-state index contributed by atoms with van der Waals surface area (Å²) in [5.74, 6) is 0. The van der Waals surface area contributed by atoms with Gasteiger partial charge in [-0.2, -0.15) is 0 Å². The van der Waals surface area contributed by atoms with Crippen LogP contribution in [0.5, 0.6) is 0 Å². The summed E-state index contributed by atoms with van der Waals surface area (Å²) in [5, 5.41) is 3.89. The SMILES string of the molecule is C=C/C(Cl)=C\C=C(/C)NCCC=N/C=C(\C)c1ccc2[nH]c(=O)[nH]c2c1. The minimum absolute atomic E-state index is 0.198. The van der Waals surface area contributed by atoms with Crippen molar-refractivity contribution in [3.05, 3.63) is 76.0 Å². The number of aromatic amines is 2. The van der Waals surface area contributed by atoms with Crippen LogP contribution in [0.25, 0.3) is 16.6 Å². The zero-order chi connectivity index (χ0) is 18.9. The molecule has 0 bridgehead atoms. The standard InChI is InChI=1S/C20H23ClN4O/c1-4-17(21)8-6-15(3)23-11-5-10-22-13-14(2)16-7-9-18-19(12-16)25-20(26)24-18/h4,6-10,12-13,23H,1,5,11H2,2-3H3,(H2,24,25,26)/b14-13+,15-6+,17-8+,22-10?. The van der Waals surface area contributed by atoms with Gasteiger partial charge in [0.15, 0.2) is 0 Å². The van der Waals surface area contributed by atoms with Gasteiger partial charge in [-0.3, -0.25) is 4.99 Å². The van der Waals surface area contributed by atoms with E-state index < -0.39 is 0 Å². The van der Waals surface area contributed by atoms with E-state index in [4.69, 9.17) is 11.6 Å². The molecule has 2 rings (SSSR count). The molecule has 136 valence electrons. The van der Waals surface area contributed by atoms with Gasteiger partial charge in [-0.15, -0.1) is 0 Å². The maximum Gasteiger partial charge on any atom is 0.323 e. The van der Waals surface area contributed by atoms with Crippen molar-refractivity contribution in [2.75, 3.05) is 6.54 Å².